The van der Waals surface area contributed by atoms with E-state index in [2.05, 4.69) is 17.6 Å². The Kier molecular flexibility index (Phi) is 2.93. The van der Waals surface area contributed by atoms with Crippen molar-refractivity contribution < 1.29 is 0 Å². The van der Waals surface area contributed by atoms with Gasteiger partial charge in [0.25, 0.3) is 0 Å². The molecule has 0 saturated heterocycles. The van der Waals surface area contributed by atoms with Crippen molar-refractivity contribution in [2.75, 3.05) is 0 Å². The Labute approximate surface area is 137 Å². The van der Waals surface area contributed by atoms with Gasteiger partial charge in [-0.2, -0.15) is 0 Å². The van der Waals surface area contributed by atoms with Crippen LogP contribution < -0.4 is 11.3 Å². The number of hydrazine groups is 1. The Morgan fingerprint density at radius 1 is 0.913 bits per heavy atom. The number of para-hydroxylation sites is 2. The fourth-order valence-corrected chi connectivity index (χ4v) is 6.04. The summed E-state index contributed by atoms with van der Waals surface area (Å²) in [6, 6.07) is 8.18. The molecule has 4 fully saturated rings. The van der Waals surface area contributed by atoms with E-state index in [1.807, 2.05) is 12.1 Å². The summed E-state index contributed by atoms with van der Waals surface area (Å²) < 4.78 is 0. The lowest BCUT2D eigenvalue weighted by Gasteiger charge is -2.57. The highest BCUT2D eigenvalue weighted by Gasteiger charge is 2.53. The van der Waals surface area contributed by atoms with Gasteiger partial charge in [-0.05, 0) is 68.4 Å². The van der Waals surface area contributed by atoms with Crippen molar-refractivity contribution in [1.82, 2.24) is 5.43 Å². The summed E-state index contributed by atoms with van der Waals surface area (Å²) in [7, 11) is 0. The summed E-state index contributed by atoms with van der Waals surface area (Å²) in [5, 5.41) is 0. The lowest BCUT2D eigenvalue weighted by molar-refractivity contribution is -0.0129. The van der Waals surface area contributed by atoms with Crippen LogP contribution >= 0.6 is 0 Å². The number of aliphatic imine (C=N–C) groups is 2. The number of hydrogen-bond donors (Lipinski definition) is 2. The highest BCUT2D eigenvalue weighted by atomic mass is 15.3. The average Bonchev–Trinajstić information content (AvgIpc) is 2.73. The summed E-state index contributed by atoms with van der Waals surface area (Å²) in [5.41, 5.74) is 6.39. The third-order valence-corrected chi connectivity index (χ3v) is 6.54. The van der Waals surface area contributed by atoms with Crippen LogP contribution in [-0.2, 0) is 0 Å². The monoisotopic (exact) mass is 308 g/mol. The predicted octanol–water partition coefficient (Wildman–Crippen LogP) is 3.87. The molecule has 0 atom stereocenters. The van der Waals surface area contributed by atoms with E-state index < -0.39 is 0 Å². The minimum atomic E-state index is 0.309. The number of fused-ring (bicyclic) bond motifs is 1. The first-order chi connectivity index (χ1) is 11.2. The van der Waals surface area contributed by atoms with Crippen molar-refractivity contribution in [3.8, 4) is 0 Å². The Balaban J connectivity index is 1.60. The number of rotatable bonds is 1. The first-order valence-corrected chi connectivity index (χ1v) is 8.95. The van der Waals surface area contributed by atoms with E-state index in [-0.39, 0.29) is 0 Å². The molecule has 6 rings (SSSR count). The second kappa shape index (κ2) is 4.91. The van der Waals surface area contributed by atoms with Gasteiger partial charge < -0.3 is 5.43 Å². The van der Waals surface area contributed by atoms with Gasteiger partial charge in [0.05, 0.1) is 11.4 Å². The van der Waals surface area contributed by atoms with Gasteiger partial charge in [-0.3, -0.25) is 4.99 Å². The number of benzene rings is 1. The van der Waals surface area contributed by atoms with Gasteiger partial charge in [-0.1, -0.05) is 12.1 Å². The fraction of sp³-hybridized carbons (Fsp3) is 0.579. The van der Waals surface area contributed by atoms with Crippen molar-refractivity contribution in [1.29, 1.82) is 0 Å². The minimum absolute atomic E-state index is 0.309. The van der Waals surface area contributed by atoms with Gasteiger partial charge in [0.1, 0.15) is 5.84 Å². The summed E-state index contributed by atoms with van der Waals surface area (Å²) in [6.07, 6.45) is 9.14. The molecule has 4 saturated carbocycles. The molecule has 0 aromatic heterocycles. The summed E-state index contributed by atoms with van der Waals surface area (Å²) in [4.78, 5) is 9.84. The second-order valence-electron chi connectivity index (χ2n) is 8.12. The quantitative estimate of drug-likeness (QED) is 0.611. The second-order valence-corrected chi connectivity index (χ2v) is 8.12. The molecule has 0 unspecified atom stereocenters. The first-order valence-electron chi connectivity index (χ1n) is 8.95. The van der Waals surface area contributed by atoms with E-state index in [0.717, 1.165) is 41.4 Å². The maximum Gasteiger partial charge on any atom is 0.122 e. The third kappa shape index (κ3) is 2.15. The maximum absolute atomic E-state index is 5.75. The number of nitrogens with one attached hydrogen (secondary N) is 1. The van der Waals surface area contributed by atoms with Crippen LogP contribution in [0.4, 0.5) is 11.4 Å². The lowest BCUT2D eigenvalue weighted by Crippen LogP contribution is -2.51. The Hall–Kier alpha value is -1.68. The number of hydrogen-bond acceptors (Lipinski definition) is 4. The molecule has 4 nitrogen and oxygen atoms in total. The standard InChI is InChI=1S/C19H24N4/c20-23-18-8-17(21-15-3-1-2-4-16(15)22-18)19-9-12-5-13(10-19)7-14(6-12)11-19/h1-4,12-14H,5-11,20H2,(H,22,23). The molecular weight excluding hydrogens is 284 g/mol. The van der Waals surface area contributed by atoms with E-state index in [4.69, 9.17) is 15.8 Å². The van der Waals surface area contributed by atoms with E-state index in [1.54, 1.807) is 0 Å². The Morgan fingerprint density at radius 3 is 2.04 bits per heavy atom. The van der Waals surface area contributed by atoms with Gasteiger partial charge in [-0.25, -0.2) is 10.8 Å². The van der Waals surface area contributed by atoms with Gasteiger partial charge >= 0.3 is 0 Å². The van der Waals surface area contributed by atoms with Crippen molar-refractivity contribution in [2.24, 2.45) is 39.0 Å². The maximum atomic E-state index is 5.75. The predicted molar refractivity (Wildman–Crippen MR) is 93.2 cm³/mol. The third-order valence-electron chi connectivity index (χ3n) is 6.54. The zero-order valence-corrected chi connectivity index (χ0v) is 13.5. The number of nitrogens with two attached hydrogens (primary N) is 1. The summed E-state index contributed by atoms with van der Waals surface area (Å²) >= 11 is 0. The first kappa shape index (κ1) is 13.7. The molecule has 1 aliphatic heterocycles. The molecular formula is C19H24N4. The largest absolute Gasteiger partial charge is 0.312 e. The molecule has 1 aromatic carbocycles. The molecule has 120 valence electrons. The summed E-state index contributed by atoms with van der Waals surface area (Å²) in [6.45, 7) is 0. The van der Waals surface area contributed by atoms with Crippen molar-refractivity contribution in [2.45, 2.75) is 44.9 Å². The van der Waals surface area contributed by atoms with E-state index in [1.165, 1.54) is 44.2 Å². The minimum Gasteiger partial charge on any atom is -0.312 e. The molecule has 0 spiro atoms. The molecule has 4 bridgehead atoms. The van der Waals surface area contributed by atoms with Crippen LogP contribution in [0.3, 0.4) is 0 Å². The fourth-order valence-electron chi connectivity index (χ4n) is 6.04. The molecule has 3 N–H and O–H groups in total. The lowest BCUT2D eigenvalue weighted by atomic mass is 9.48. The van der Waals surface area contributed by atoms with Gasteiger partial charge in [-0.15, -0.1) is 0 Å². The zero-order chi connectivity index (χ0) is 15.4. The SMILES string of the molecule is NNC1=Nc2ccccc2N=C(C23CC4CC(CC(C4)C2)C3)C1. The van der Waals surface area contributed by atoms with Crippen LogP contribution in [0.5, 0.6) is 0 Å². The topological polar surface area (TPSA) is 62.8 Å². The number of amidine groups is 1. The van der Waals surface area contributed by atoms with Gasteiger partial charge in [0.15, 0.2) is 0 Å². The zero-order valence-electron chi connectivity index (χ0n) is 13.5. The molecule has 5 aliphatic rings. The normalized spacial score (nSPS) is 37.7. The van der Waals surface area contributed by atoms with E-state index >= 15 is 0 Å². The molecule has 0 radical (unpaired) electrons. The van der Waals surface area contributed by atoms with Crippen LogP contribution in [0.25, 0.3) is 0 Å². The highest BCUT2D eigenvalue weighted by Crippen LogP contribution is 2.61. The smallest absolute Gasteiger partial charge is 0.122 e. The Morgan fingerprint density at radius 2 is 1.48 bits per heavy atom. The van der Waals surface area contributed by atoms with Crippen LogP contribution in [0.1, 0.15) is 44.9 Å². The van der Waals surface area contributed by atoms with Crippen LogP contribution in [-0.4, -0.2) is 11.5 Å². The van der Waals surface area contributed by atoms with Crippen molar-refractivity contribution >= 4 is 22.9 Å². The molecule has 4 aliphatic carbocycles. The van der Waals surface area contributed by atoms with Gasteiger partial charge in [0.2, 0.25) is 0 Å². The van der Waals surface area contributed by atoms with Crippen molar-refractivity contribution in [3.63, 3.8) is 0 Å². The highest BCUT2D eigenvalue weighted by molar-refractivity contribution is 6.09. The van der Waals surface area contributed by atoms with Crippen LogP contribution in [0, 0.1) is 23.2 Å². The van der Waals surface area contributed by atoms with E-state index in [0.29, 0.717) is 5.41 Å². The molecule has 1 aromatic rings. The van der Waals surface area contributed by atoms with Crippen molar-refractivity contribution in [3.05, 3.63) is 24.3 Å². The Bertz CT molecular complexity index is 668. The molecule has 1 heterocycles. The number of nitrogens with zero attached hydrogens (tertiary/aromatic N) is 2. The van der Waals surface area contributed by atoms with Crippen LogP contribution in [0.15, 0.2) is 34.3 Å². The summed E-state index contributed by atoms with van der Waals surface area (Å²) in [5.74, 6) is 9.37. The molecule has 0 amide bonds. The average molecular weight is 308 g/mol. The van der Waals surface area contributed by atoms with Gasteiger partial charge in [0, 0.05) is 17.5 Å². The van der Waals surface area contributed by atoms with Crippen LogP contribution in [0.2, 0.25) is 0 Å². The van der Waals surface area contributed by atoms with E-state index in [9.17, 15) is 0 Å². The molecule has 4 heteroatoms. The molecule has 23 heavy (non-hydrogen) atoms.